The van der Waals surface area contributed by atoms with Crippen LogP contribution in [0.2, 0.25) is 0 Å². The number of sulfonamides is 1. The van der Waals surface area contributed by atoms with Gasteiger partial charge < -0.3 is 9.84 Å². The summed E-state index contributed by atoms with van der Waals surface area (Å²) in [5.41, 5.74) is -0.571. The first-order valence-corrected chi connectivity index (χ1v) is 8.54. The summed E-state index contributed by atoms with van der Waals surface area (Å²) in [7, 11) is -3.90. The lowest BCUT2D eigenvalue weighted by Crippen LogP contribution is -2.32. The Labute approximate surface area is 129 Å². The Balaban J connectivity index is 2.03. The molecule has 1 heterocycles. The molecule has 1 aromatic rings. The highest BCUT2D eigenvalue weighted by molar-refractivity contribution is 7.89. The highest BCUT2D eigenvalue weighted by Gasteiger charge is 2.29. The Morgan fingerprint density at radius 3 is 2.73 bits per heavy atom. The van der Waals surface area contributed by atoms with Crippen LogP contribution in [-0.4, -0.2) is 30.7 Å². The maximum atomic E-state index is 11.2. The molecule has 1 aromatic heterocycles. The number of hydrogen-bond acceptors (Lipinski definition) is 6. The van der Waals surface area contributed by atoms with Crippen LogP contribution in [0.4, 0.5) is 0 Å². The number of nitrogens with two attached hydrogens (primary N) is 1. The van der Waals surface area contributed by atoms with E-state index in [1.165, 1.54) is 0 Å². The predicted molar refractivity (Wildman–Crippen MR) is 78.4 cm³/mol. The summed E-state index contributed by atoms with van der Waals surface area (Å²) in [6.07, 6.45) is 4.18. The molecule has 0 aliphatic heterocycles. The Hall–Kier alpha value is -1.69. The van der Waals surface area contributed by atoms with Crippen LogP contribution in [-0.2, 0) is 10.0 Å². The van der Waals surface area contributed by atoms with Crippen LogP contribution in [0.1, 0.15) is 38.2 Å². The van der Waals surface area contributed by atoms with Gasteiger partial charge in [-0.1, -0.05) is 0 Å². The molecule has 22 heavy (non-hydrogen) atoms. The minimum absolute atomic E-state index is 0.0364. The third-order valence-electron chi connectivity index (χ3n) is 3.91. The van der Waals surface area contributed by atoms with E-state index in [1.54, 1.807) is 0 Å². The molecule has 0 spiro atoms. The Bertz CT molecular complexity index is 685. The molecule has 0 radical (unpaired) electrons. The topological polar surface area (TPSA) is 126 Å². The van der Waals surface area contributed by atoms with Crippen molar-refractivity contribution in [2.24, 2.45) is 11.1 Å². The summed E-state index contributed by atoms with van der Waals surface area (Å²) in [5.74, 6) is 0.388. The number of aliphatic hydroxyl groups is 1. The maximum absolute atomic E-state index is 11.2. The normalized spacial score (nSPS) is 25.5. The van der Waals surface area contributed by atoms with Gasteiger partial charge in [0.05, 0.1) is 18.4 Å². The molecule has 0 unspecified atom stereocenters. The molecule has 0 aromatic carbocycles. The van der Waals surface area contributed by atoms with Crippen molar-refractivity contribution in [3.8, 4) is 11.9 Å². The average Bonchev–Trinajstić information content (AvgIpc) is 2.45. The van der Waals surface area contributed by atoms with Crippen molar-refractivity contribution in [2.45, 2.75) is 43.1 Å². The van der Waals surface area contributed by atoms with E-state index >= 15 is 0 Å². The van der Waals surface area contributed by atoms with Crippen molar-refractivity contribution in [3.63, 3.8) is 0 Å². The molecule has 120 valence electrons. The van der Waals surface area contributed by atoms with Crippen molar-refractivity contribution in [3.05, 3.63) is 17.8 Å². The lowest BCUT2D eigenvalue weighted by Gasteiger charge is -2.32. The molecule has 0 saturated heterocycles. The van der Waals surface area contributed by atoms with Crippen molar-refractivity contribution >= 4 is 10.0 Å². The third kappa shape index (κ3) is 4.16. The van der Waals surface area contributed by atoms with Gasteiger partial charge in [-0.05, 0) is 44.6 Å². The van der Waals surface area contributed by atoms with Crippen LogP contribution in [0, 0.1) is 17.2 Å². The molecule has 7 nitrogen and oxygen atoms in total. The summed E-state index contributed by atoms with van der Waals surface area (Å²) in [6.45, 7) is 2.21. The summed E-state index contributed by atoms with van der Waals surface area (Å²) >= 11 is 0. The predicted octanol–water partition coefficient (Wildman–Crippen LogP) is 0.921. The average molecular weight is 325 g/mol. The minimum Gasteiger partial charge on any atom is -0.476 e. The van der Waals surface area contributed by atoms with Gasteiger partial charge in [-0.2, -0.15) is 5.26 Å². The van der Waals surface area contributed by atoms with Crippen molar-refractivity contribution in [1.82, 2.24) is 4.98 Å². The van der Waals surface area contributed by atoms with Crippen molar-refractivity contribution < 1.29 is 18.3 Å². The van der Waals surface area contributed by atoms with Crippen LogP contribution in [0.5, 0.6) is 5.88 Å². The number of primary sulfonamides is 1. The van der Waals surface area contributed by atoms with Gasteiger partial charge in [-0.25, -0.2) is 18.5 Å². The molecule has 1 saturated carbocycles. The highest BCUT2D eigenvalue weighted by Crippen LogP contribution is 2.32. The number of rotatable bonds is 4. The Morgan fingerprint density at radius 2 is 2.18 bits per heavy atom. The summed E-state index contributed by atoms with van der Waals surface area (Å²) in [6, 6.07) is 3.02. The molecule has 1 aliphatic rings. The smallest absolute Gasteiger partial charge is 0.239 e. The van der Waals surface area contributed by atoms with Gasteiger partial charge in [0.25, 0.3) is 0 Å². The molecular weight excluding hydrogens is 306 g/mol. The summed E-state index contributed by atoms with van der Waals surface area (Å²) in [5, 5.41) is 24.0. The largest absolute Gasteiger partial charge is 0.476 e. The first kappa shape index (κ1) is 16.7. The van der Waals surface area contributed by atoms with Gasteiger partial charge >= 0.3 is 0 Å². The van der Waals surface area contributed by atoms with Crippen LogP contribution in [0.25, 0.3) is 0 Å². The number of hydrogen-bond donors (Lipinski definition) is 2. The van der Waals surface area contributed by atoms with E-state index in [0.717, 1.165) is 25.1 Å². The lowest BCUT2D eigenvalue weighted by atomic mass is 9.80. The Morgan fingerprint density at radius 1 is 1.55 bits per heavy atom. The first-order valence-electron chi connectivity index (χ1n) is 6.99. The van der Waals surface area contributed by atoms with Crippen LogP contribution >= 0.6 is 0 Å². The van der Waals surface area contributed by atoms with Gasteiger partial charge in [0.15, 0.2) is 0 Å². The molecule has 1 fully saturated rings. The molecule has 3 N–H and O–H groups in total. The number of nitrogens with zero attached hydrogens (tertiary/aromatic N) is 2. The molecule has 0 atom stereocenters. The number of aromatic nitrogens is 1. The van der Waals surface area contributed by atoms with Gasteiger partial charge in [0, 0.05) is 0 Å². The SMILES string of the molecule is C[C@]1(O)CC[C@H](COc2ncc(S(N)(=O)=O)cc2C#N)CC1. The highest BCUT2D eigenvalue weighted by atomic mass is 32.2. The zero-order valence-corrected chi connectivity index (χ0v) is 13.1. The second kappa shape index (κ2) is 6.20. The Kier molecular flexibility index (Phi) is 4.70. The monoisotopic (exact) mass is 325 g/mol. The van der Waals surface area contributed by atoms with Crippen LogP contribution < -0.4 is 9.88 Å². The summed E-state index contributed by atoms with van der Waals surface area (Å²) < 4.78 is 28.0. The number of pyridine rings is 1. The molecule has 2 rings (SSSR count). The quantitative estimate of drug-likeness (QED) is 0.847. The number of ether oxygens (including phenoxy) is 1. The van der Waals surface area contributed by atoms with Crippen molar-refractivity contribution in [1.29, 1.82) is 5.26 Å². The van der Waals surface area contributed by atoms with Gasteiger partial charge in [-0.15, -0.1) is 0 Å². The maximum Gasteiger partial charge on any atom is 0.239 e. The van der Waals surface area contributed by atoms with E-state index in [2.05, 4.69) is 4.98 Å². The van der Waals surface area contributed by atoms with Gasteiger partial charge in [-0.3, -0.25) is 0 Å². The zero-order chi connectivity index (χ0) is 16.4. The van der Waals surface area contributed by atoms with E-state index < -0.39 is 15.6 Å². The standard InChI is InChI=1S/C14H19N3O4S/c1-14(18)4-2-10(3-5-14)9-21-13-11(7-15)6-12(8-17-13)22(16,19)20/h6,8,10,18H,2-5,9H2,1H3,(H2,16,19,20)/t10-,14-. The van der Waals surface area contributed by atoms with E-state index in [4.69, 9.17) is 15.1 Å². The fourth-order valence-electron chi connectivity index (χ4n) is 2.45. The van der Waals surface area contributed by atoms with Gasteiger partial charge in [0.1, 0.15) is 16.5 Å². The fourth-order valence-corrected chi connectivity index (χ4v) is 2.93. The second-order valence-corrected chi connectivity index (χ2v) is 7.49. The number of nitriles is 1. The first-order chi connectivity index (χ1) is 10.2. The molecule has 0 bridgehead atoms. The molecule has 0 amide bonds. The zero-order valence-electron chi connectivity index (χ0n) is 12.3. The van der Waals surface area contributed by atoms with E-state index in [1.807, 2.05) is 13.0 Å². The molecular formula is C14H19N3O4S. The van der Waals surface area contributed by atoms with E-state index in [0.29, 0.717) is 19.4 Å². The van der Waals surface area contributed by atoms with Gasteiger partial charge in [0.2, 0.25) is 15.9 Å². The fraction of sp³-hybridized carbons (Fsp3) is 0.571. The molecule has 8 heteroatoms. The third-order valence-corrected chi connectivity index (χ3v) is 4.79. The minimum atomic E-state index is -3.90. The van der Waals surface area contributed by atoms with Crippen LogP contribution in [0.15, 0.2) is 17.2 Å². The second-order valence-electron chi connectivity index (χ2n) is 5.93. The molecule has 1 aliphatic carbocycles. The van der Waals surface area contributed by atoms with Crippen molar-refractivity contribution in [2.75, 3.05) is 6.61 Å². The summed E-state index contributed by atoms with van der Waals surface area (Å²) in [4.78, 5) is 3.66. The lowest BCUT2D eigenvalue weighted by molar-refractivity contribution is 0.00126. The van der Waals surface area contributed by atoms with E-state index in [-0.39, 0.29) is 22.3 Å². The van der Waals surface area contributed by atoms with Crippen LogP contribution in [0.3, 0.4) is 0 Å². The van der Waals surface area contributed by atoms with E-state index in [9.17, 15) is 13.5 Å².